The Hall–Kier alpha value is -1.50. The molecule has 0 saturated carbocycles. The summed E-state index contributed by atoms with van der Waals surface area (Å²) in [5.41, 5.74) is 0.248. The van der Waals surface area contributed by atoms with Crippen LogP contribution in [-0.2, 0) is 13.6 Å². The SMILES string of the molecule is CCCCCCCn1c(SCCC(C)C)nc2c1c(=O)[nH]c(=O)n2C. The van der Waals surface area contributed by atoms with Gasteiger partial charge >= 0.3 is 5.69 Å². The first kappa shape index (κ1) is 19.8. The minimum atomic E-state index is -0.413. The average Bonchev–Trinajstić information content (AvgIpc) is 2.91. The van der Waals surface area contributed by atoms with E-state index in [0.29, 0.717) is 17.1 Å². The molecule has 0 aliphatic heterocycles. The van der Waals surface area contributed by atoms with Crippen LogP contribution in [-0.4, -0.2) is 24.9 Å². The number of fused-ring (bicyclic) bond motifs is 1. The molecule has 0 saturated heterocycles. The number of aryl methyl sites for hydroxylation is 2. The predicted octanol–water partition coefficient (Wildman–Crippen LogP) is 3.53. The summed E-state index contributed by atoms with van der Waals surface area (Å²) in [4.78, 5) is 31.2. The molecular formula is C18H30N4O2S. The molecule has 0 aromatic carbocycles. The molecule has 0 amide bonds. The maximum absolute atomic E-state index is 12.4. The lowest BCUT2D eigenvalue weighted by Crippen LogP contribution is -2.29. The fourth-order valence-electron chi connectivity index (χ4n) is 2.79. The highest BCUT2D eigenvalue weighted by Gasteiger charge is 2.17. The Balaban J connectivity index is 2.31. The predicted molar refractivity (Wildman–Crippen MR) is 105 cm³/mol. The van der Waals surface area contributed by atoms with E-state index in [0.717, 1.165) is 36.7 Å². The van der Waals surface area contributed by atoms with Crippen LogP contribution in [0.5, 0.6) is 0 Å². The van der Waals surface area contributed by atoms with Crippen molar-refractivity contribution in [3.05, 3.63) is 20.8 Å². The normalized spacial score (nSPS) is 11.7. The maximum atomic E-state index is 12.4. The van der Waals surface area contributed by atoms with Crippen LogP contribution < -0.4 is 11.2 Å². The summed E-state index contributed by atoms with van der Waals surface area (Å²) in [7, 11) is 1.65. The van der Waals surface area contributed by atoms with Crippen LogP contribution in [0.25, 0.3) is 11.2 Å². The number of imidazole rings is 1. The van der Waals surface area contributed by atoms with Crippen molar-refractivity contribution in [2.24, 2.45) is 13.0 Å². The first-order chi connectivity index (χ1) is 12.0. The molecule has 2 heterocycles. The molecule has 0 unspecified atom stereocenters. The summed E-state index contributed by atoms with van der Waals surface area (Å²) in [6.07, 6.45) is 6.94. The number of thioether (sulfide) groups is 1. The lowest BCUT2D eigenvalue weighted by Gasteiger charge is -2.09. The summed E-state index contributed by atoms with van der Waals surface area (Å²) in [5, 5.41) is 0.845. The molecule has 0 spiro atoms. The summed E-state index contributed by atoms with van der Waals surface area (Å²) in [5.74, 6) is 1.59. The lowest BCUT2D eigenvalue weighted by atomic mass is 10.1. The number of unbranched alkanes of at least 4 members (excludes halogenated alkanes) is 4. The number of aromatic amines is 1. The smallest absolute Gasteiger partial charge is 0.313 e. The molecule has 7 heteroatoms. The molecule has 0 bridgehead atoms. The summed E-state index contributed by atoms with van der Waals surface area (Å²) < 4.78 is 3.43. The van der Waals surface area contributed by atoms with E-state index in [-0.39, 0.29) is 5.56 Å². The monoisotopic (exact) mass is 366 g/mol. The minimum absolute atomic E-state index is 0.338. The molecule has 2 rings (SSSR count). The molecular weight excluding hydrogens is 336 g/mol. The van der Waals surface area contributed by atoms with Gasteiger partial charge in [-0.1, -0.05) is 58.2 Å². The zero-order valence-electron chi connectivity index (χ0n) is 15.8. The van der Waals surface area contributed by atoms with Crippen molar-refractivity contribution in [1.29, 1.82) is 0 Å². The fraction of sp³-hybridized carbons (Fsp3) is 0.722. The Bertz CT molecular complexity index is 804. The molecule has 0 aliphatic carbocycles. The van der Waals surface area contributed by atoms with Crippen molar-refractivity contribution in [1.82, 2.24) is 19.1 Å². The molecule has 0 atom stereocenters. The highest BCUT2D eigenvalue weighted by molar-refractivity contribution is 7.99. The minimum Gasteiger partial charge on any atom is -0.313 e. The zero-order chi connectivity index (χ0) is 18.4. The van der Waals surface area contributed by atoms with Crippen LogP contribution in [0.2, 0.25) is 0 Å². The van der Waals surface area contributed by atoms with Gasteiger partial charge in [0.25, 0.3) is 5.56 Å². The van der Waals surface area contributed by atoms with E-state index in [1.54, 1.807) is 18.8 Å². The highest BCUT2D eigenvalue weighted by atomic mass is 32.2. The van der Waals surface area contributed by atoms with E-state index in [2.05, 4.69) is 30.7 Å². The first-order valence-electron chi connectivity index (χ1n) is 9.28. The third kappa shape index (κ3) is 5.00. The number of hydrogen-bond acceptors (Lipinski definition) is 4. The van der Waals surface area contributed by atoms with Gasteiger partial charge < -0.3 is 4.57 Å². The second kappa shape index (κ2) is 9.27. The van der Waals surface area contributed by atoms with Crippen LogP contribution in [0.4, 0.5) is 0 Å². The van der Waals surface area contributed by atoms with Crippen molar-refractivity contribution in [3.63, 3.8) is 0 Å². The average molecular weight is 367 g/mol. The highest BCUT2D eigenvalue weighted by Crippen LogP contribution is 2.24. The van der Waals surface area contributed by atoms with Crippen molar-refractivity contribution in [3.8, 4) is 0 Å². The van der Waals surface area contributed by atoms with Gasteiger partial charge in [-0.25, -0.2) is 9.78 Å². The van der Waals surface area contributed by atoms with Gasteiger partial charge in [0.15, 0.2) is 16.3 Å². The third-order valence-corrected chi connectivity index (χ3v) is 5.39. The Morgan fingerprint density at radius 1 is 1.16 bits per heavy atom. The molecule has 25 heavy (non-hydrogen) atoms. The van der Waals surface area contributed by atoms with Gasteiger partial charge in [0, 0.05) is 19.3 Å². The van der Waals surface area contributed by atoms with E-state index in [4.69, 9.17) is 0 Å². The third-order valence-electron chi connectivity index (χ3n) is 4.38. The van der Waals surface area contributed by atoms with E-state index in [1.807, 2.05) is 4.57 Å². The fourth-order valence-corrected chi connectivity index (χ4v) is 4.05. The largest absolute Gasteiger partial charge is 0.329 e. The molecule has 0 fully saturated rings. The quantitative estimate of drug-likeness (QED) is 0.516. The topological polar surface area (TPSA) is 72.7 Å². The summed E-state index contributed by atoms with van der Waals surface area (Å²) >= 11 is 1.68. The molecule has 140 valence electrons. The molecule has 0 aliphatic rings. The number of H-pyrrole nitrogens is 1. The Kier molecular flexibility index (Phi) is 7.35. The molecule has 0 radical (unpaired) electrons. The Morgan fingerprint density at radius 2 is 1.88 bits per heavy atom. The van der Waals surface area contributed by atoms with Gasteiger partial charge in [-0.15, -0.1) is 0 Å². The zero-order valence-corrected chi connectivity index (χ0v) is 16.6. The number of aromatic nitrogens is 4. The Morgan fingerprint density at radius 3 is 2.56 bits per heavy atom. The summed E-state index contributed by atoms with van der Waals surface area (Å²) in [6.45, 7) is 7.37. The van der Waals surface area contributed by atoms with E-state index in [1.165, 1.54) is 23.8 Å². The van der Waals surface area contributed by atoms with Gasteiger partial charge in [-0.2, -0.15) is 0 Å². The van der Waals surface area contributed by atoms with Gasteiger partial charge in [0.2, 0.25) is 0 Å². The van der Waals surface area contributed by atoms with Crippen LogP contribution in [0.1, 0.15) is 59.3 Å². The van der Waals surface area contributed by atoms with Crippen LogP contribution in [0.15, 0.2) is 14.7 Å². The standard InChI is InChI=1S/C18H30N4O2S/c1-5-6-7-8-9-11-22-14-15(21(4)17(24)20-16(14)23)19-18(22)25-12-10-13(2)3/h13H,5-12H2,1-4H3,(H,20,23,24). The Labute approximate surface area is 153 Å². The van der Waals surface area contributed by atoms with Crippen molar-refractivity contribution in [2.75, 3.05) is 5.75 Å². The van der Waals surface area contributed by atoms with Gasteiger partial charge in [0.1, 0.15) is 0 Å². The lowest BCUT2D eigenvalue weighted by molar-refractivity contribution is 0.551. The van der Waals surface area contributed by atoms with Crippen molar-refractivity contribution >= 4 is 22.9 Å². The molecule has 6 nitrogen and oxygen atoms in total. The second-order valence-corrected chi connectivity index (χ2v) is 8.04. The van der Waals surface area contributed by atoms with Gasteiger partial charge in [-0.05, 0) is 18.8 Å². The molecule has 1 N–H and O–H groups in total. The second-order valence-electron chi connectivity index (χ2n) is 6.98. The number of nitrogens with one attached hydrogen (secondary N) is 1. The van der Waals surface area contributed by atoms with E-state index in [9.17, 15) is 9.59 Å². The summed E-state index contributed by atoms with van der Waals surface area (Å²) in [6, 6.07) is 0. The first-order valence-corrected chi connectivity index (χ1v) is 10.3. The number of rotatable bonds is 10. The van der Waals surface area contributed by atoms with Gasteiger partial charge in [-0.3, -0.25) is 14.3 Å². The number of hydrogen-bond donors (Lipinski definition) is 1. The van der Waals surface area contributed by atoms with Gasteiger partial charge in [0.05, 0.1) is 0 Å². The van der Waals surface area contributed by atoms with E-state index < -0.39 is 5.69 Å². The van der Waals surface area contributed by atoms with Crippen LogP contribution >= 0.6 is 11.8 Å². The van der Waals surface area contributed by atoms with E-state index >= 15 is 0 Å². The van der Waals surface area contributed by atoms with Crippen LogP contribution in [0.3, 0.4) is 0 Å². The van der Waals surface area contributed by atoms with Crippen molar-refractivity contribution < 1.29 is 0 Å². The van der Waals surface area contributed by atoms with Crippen LogP contribution in [0, 0.1) is 5.92 Å². The molecule has 2 aromatic heterocycles. The van der Waals surface area contributed by atoms with Crippen molar-refractivity contribution in [2.45, 2.75) is 71.0 Å². The number of nitrogens with zero attached hydrogens (tertiary/aromatic N) is 3. The molecule has 2 aromatic rings. The maximum Gasteiger partial charge on any atom is 0.329 e.